The molecule has 0 fully saturated rings. The molecule has 0 saturated carbocycles. The molecule has 3 aromatic carbocycles. The monoisotopic (exact) mass is 412 g/mol. The summed E-state index contributed by atoms with van der Waals surface area (Å²) in [6.45, 7) is -0.377. The number of rotatable bonds is 2. The molecular weight excluding hydrogens is 398 g/mol. The highest BCUT2D eigenvalue weighted by atomic mass is 35.5. The number of hydrogen-bond acceptors (Lipinski definition) is 2. The Balaban J connectivity index is 1.93. The van der Waals surface area contributed by atoms with Crippen LogP contribution in [0, 0.1) is 11.6 Å². The van der Waals surface area contributed by atoms with E-state index < -0.39 is 35.1 Å². The van der Waals surface area contributed by atoms with E-state index in [2.05, 4.69) is 5.32 Å². The summed E-state index contributed by atoms with van der Waals surface area (Å²) < 4.78 is 28.7. The Bertz CT molecular complexity index is 1080. The summed E-state index contributed by atoms with van der Waals surface area (Å²) in [7, 11) is 0. The van der Waals surface area contributed by atoms with Crippen LogP contribution in [0.5, 0.6) is 0 Å². The fourth-order valence-electron chi connectivity index (χ4n) is 3.51. The second-order valence-electron chi connectivity index (χ2n) is 6.62. The zero-order valence-electron chi connectivity index (χ0n) is 15.0. The Morgan fingerprint density at radius 1 is 1.00 bits per heavy atom. The van der Waals surface area contributed by atoms with E-state index in [1.807, 2.05) is 6.07 Å². The maximum absolute atomic E-state index is 14.3. The van der Waals surface area contributed by atoms with Gasteiger partial charge < -0.3 is 10.2 Å². The molecule has 0 aromatic heterocycles. The normalized spacial score (nSPS) is 16.0. The SMILES string of the molecule is O=C1CN(C(=O)c2c(F)cccc2F)[C@@H](c2ccccc2)c2cc(Cl)ccc2N1. The van der Waals surface area contributed by atoms with Crippen molar-refractivity contribution in [2.75, 3.05) is 11.9 Å². The minimum absolute atomic E-state index is 0.377. The number of carbonyl (C=O) groups is 2. The van der Waals surface area contributed by atoms with Crippen LogP contribution < -0.4 is 5.32 Å². The second-order valence-corrected chi connectivity index (χ2v) is 7.06. The molecule has 4 nitrogen and oxygen atoms in total. The van der Waals surface area contributed by atoms with Crippen LogP contribution in [0.1, 0.15) is 27.5 Å². The Morgan fingerprint density at radius 3 is 2.38 bits per heavy atom. The Kier molecular flexibility index (Phi) is 5.03. The number of anilines is 1. The number of fused-ring (bicyclic) bond motifs is 1. The molecule has 1 aliphatic rings. The molecule has 1 aliphatic heterocycles. The van der Waals surface area contributed by atoms with Gasteiger partial charge in [-0.3, -0.25) is 9.59 Å². The predicted octanol–water partition coefficient (Wildman–Crippen LogP) is 4.80. The summed E-state index contributed by atoms with van der Waals surface area (Å²) in [5.74, 6) is -3.37. The largest absolute Gasteiger partial charge is 0.324 e. The molecule has 0 saturated heterocycles. The van der Waals surface area contributed by atoms with Crippen LogP contribution in [-0.2, 0) is 4.79 Å². The topological polar surface area (TPSA) is 49.4 Å². The van der Waals surface area contributed by atoms with Gasteiger partial charge in [0.1, 0.15) is 23.7 Å². The first kappa shape index (κ1) is 19.1. The lowest BCUT2D eigenvalue weighted by Crippen LogP contribution is -2.39. The van der Waals surface area contributed by atoms with Gasteiger partial charge in [0, 0.05) is 16.3 Å². The lowest BCUT2D eigenvalue weighted by Gasteiger charge is -2.31. The van der Waals surface area contributed by atoms with Gasteiger partial charge in [-0.05, 0) is 35.9 Å². The van der Waals surface area contributed by atoms with E-state index in [0.29, 0.717) is 21.8 Å². The number of nitrogens with one attached hydrogen (secondary N) is 1. The van der Waals surface area contributed by atoms with Crippen molar-refractivity contribution in [3.63, 3.8) is 0 Å². The Hall–Kier alpha value is -3.25. The quantitative estimate of drug-likeness (QED) is 0.657. The van der Waals surface area contributed by atoms with Gasteiger partial charge in [-0.2, -0.15) is 0 Å². The van der Waals surface area contributed by atoms with Gasteiger partial charge in [0.25, 0.3) is 5.91 Å². The molecule has 29 heavy (non-hydrogen) atoms. The number of amides is 2. The molecule has 0 spiro atoms. The predicted molar refractivity (Wildman–Crippen MR) is 106 cm³/mol. The highest BCUT2D eigenvalue weighted by Crippen LogP contribution is 2.38. The number of benzene rings is 3. The van der Waals surface area contributed by atoms with Gasteiger partial charge in [-0.15, -0.1) is 0 Å². The molecule has 2 amide bonds. The standard InChI is InChI=1S/C22H15ClF2N2O2/c23-14-9-10-18-15(11-14)21(13-5-2-1-3-6-13)27(12-19(28)26-18)22(29)20-16(24)7-4-8-17(20)25/h1-11,21H,12H2,(H,26,28)/t21-/m0/s1. The highest BCUT2D eigenvalue weighted by Gasteiger charge is 2.36. The van der Waals surface area contributed by atoms with Crippen LogP contribution in [0.3, 0.4) is 0 Å². The van der Waals surface area contributed by atoms with Crippen molar-refractivity contribution in [2.45, 2.75) is 6.04 Å². The van der Waals surface area contributed by atoms with Crippen molar-refractivity contribution in [2.24, 2.45) is 0 Å². The third-order valence-corrected chi connectivity index (χ3v) is 5.00. The molecule has 3 aromatic rings. The summed E-state index contributed by atoms with van der Waals surface area (Å²) in [5.41, 5.74) is 1.02. The molecule has 1 N–H and O–H groups in total. The van der Waals surface area contributed by atoms with Crippen molar-refractivity contribution < 1.29 is 18.4 Å². The van der Waals surface area contributed by atoms with Crippen molar-refractivity contribution in [1.82, 2.24) is 4.90 Å². The smallest absolute Gasteiger partial charge is 0.261 e. The zero-order chi connectivity index (χ0) is 20.5. The summed E-state index contributed by atoms with van der Waals surface area (Å²) in [6.07, 6.45) is 0. The van der Waals surface area contributed by atoms with Crippen LogP contribution in [0.25, 0.3) is 0 Å². The first-order chi connectivity index (χ1) is 14.0. The van der Waals surface area contributed by atoms with Crippen LogP contribution in [0.2, 0.25) is 5.02 Å². The first-order valence-corrected chi connectivity index (χ1v) is 9.22. The summed E-state index contributed by atoms with van der Waals surface area (Å²) >= 11 is 6.18. The Labute approximate surface area is 170 Å². The van der Waals surface area contributed by atoms with Crippen LogP contribution >= 0.6 is 11.6 Å². The minimum Gasteiger partial charge on any atom is -0.324 e. The fourth-order valence-corrected chi connectivity index (χ4v) is 3.69. The highest BCUT2D eigenvalue weighted by molar-refractivity contribution is 6.30. The fraction of sp³-hybridized carbons (Fsp3) is 0.0909. The van der Waals surface area contributed by atoms with Gasteiger partial charge in [-0.25, -0.2) is 8.78 Å². The second kappa shape index (κ2) is 7.64. The molecule has 1 heterocycles. The van der Waals surface area contributed by atoms with Crippen LogP contribution in [0.4, 0.5) is 14.5 Å². The van der Waals surface area contributed by atoms with Crippen molar-refractivity contribution in [1.29, 1.82) is 0 Å². The van der Waals surface area contributed by atoms with Crippen LogP contribution in [0.15, 0.2) is 66.7 Å². The van der Waals surface area contributed by atoms with E-state index in [9.17, 15) is 18.4 Å². The van der Waals surface area contributed by atoms with Crippen molar-refractivity contribution in [3.05, 3.63) is 100 Å². The maximum atomic E-state index is 14.3. The number of hydrogen-bond donors (Lipinski definition) is 1. The molecule has 4 rings (SSSR count). The van der Waals surface area contributed by atoms with Gasteiger partial charge in [0.05, 0.1) is 6.04 Å². The maximum Gasteiger partial charge on any atom is 0.261 e. The van der Waals surface area contributed by atoms with Gasteiger partial charge in [-0.1, -0.05) is 48.0 Å². The zero-order valence-corrected chi connectivity index (χ0v) is 15.8. The molecule has 0 aliphatic carbocycles. The third kappa shape index (κ3) is 3.59. The Morgan fingerprint density at radius 2 is 1.69 bits per heavy atom. The van der Waals surface area contributed by atoms with Crippen LogP contribution in [-0.4, -0.2) is 23.3 Å². The van der Waals surface area contributed by atoms with E-state index in [-0.39, 0.29) is 6.54 Å². The number of carbonyl (C=O) groups excluding carboxylic acids is 2. The van der Waals surface area contributed by atoms with Gasteiger partial charge >= 0.3 is 0 Å². The van der Waals surface area contributed by atoms with Gasteiger partial charge in [0.2, 0.25) is 5.91 Å². The lowest BCUT2D eigenvalue weighted by molar-refractivity contribution is -0.117. The van der Waals surface area contributed by atoms with Gasteiger partial charge in [0.15, 0.2) is 0 Å². The average molecular weight is 413 g/mol. The molecule has 0 radical (unpaired) electrons. The van der Waals surface area contributed by atoms with E-state index >= 15 is 0 Å². The van der Waals surface area contributed by atoms with E-state index in [1.165, 1.54) is 6.07 Å². The van der Waals surface area contributed by atoms with Crippen molar-refractivity contribution >= 4 is 29.1 Å². The van der Waals surface area contributed by atoms with E-state index in [4.69, 9.17) is 11.6 Å². The summed E-state index contributed by atoms with van der Waals surface area (Å²) in [4.78, 5) is 26.9. The molecule has 0 bridgehead atoms. The molecule has 0 unspecified atom stereocenters. The summed E-state index contributed by atoms with van der Waals surface area (Å²) in [6, 6.07) is 16.3. The molecule has 1 atom stereocenters. The average Bonchev–Trinajstić information content (AvgIpc) is 2.84. The molecular formula is C22H15ClF2N2O2. The third-order valence-electron chi connectivity index (χ3n) is 4.76. The summed E-state index contributed by atoms with van der Waals surface area (Å²) in [5, 5.41) is 3.14. The molecule has 146 valence electrons. The van der Waals surface area contributed by atoms with E-state index in [1.54, 1.807) is 42.5 Å². The molecule has 7 heteroatoms. The number of halogens is 3. The minimum atomic E-state index is -0.988. The number of nitrogens with zero attached hydrogens (tertiary/aromatic N) is 1. The lowest BCUT2D eigenvalue weighted by atomic mass is 9.95. The first-order valence-electron chi connectivity index (χ1n) is 8.85. The van der Waals surface area contributed by atoms with E-state index in [0.717, 1.165) is 17.0 Å². The van der Waals surface area contributed by atoms with Crippen molar-refractivity contribution in [3.8, 4) is 0 Å².